The Labute approximate surface area is 135 Å². The third-order valence-corrected chi connectivity index (χ3v) is 4.44. The number of aromatic nitrogens is 2. The van der Waals surface area contributed by atoms with Crippen molar-refractivity contribution in [3.8, 4) is 0 Å². The number of hydrogen-bond acceptors (Lipinski definition) is 4. The summed E-state index contributed by atoms with van der Waals surface area (Å²) in [6.07, 6.45) is 1.92. The van der Waals surface area contributed by atoms with Gasteiger partial charge in [-0.3, -0.25) is 4.79 Å². The second kappa shape index (κ2) is 5.32. The van der Waals surface area contributed by atoms with Crippen molar-refractivity contribution < 1.29 is 22.5 Å². The number of alkyl halides is 1. The first-order chi connectivity index (χ1) is 11.5. The molecule has 2 aromatic rings. The van der Waals surface area contributed by atoms with Crippen molar-refractivity contribution in [2.75, 3.05) is 13.1 Å². The highest BCUT2D eigenvalue weighted by Gasteiger charge is 2.47. The fourth-order valence-corrected chi connectivity index (χ4v) is 2.88. The Morgan fingerprint density at radius 3 is 2.83 bits per heavy atom. The van der Waals surface area contributed by atoms with E-state index < -0.39 is 23.2 Å². The monoisotopic (exact) mass is 337 g/mol. The van der Waals surface area contributed by atoms with Crippen LogP contribution in [0.15, 0.2) is 22.7 Å². The van der Waals surface area contributed by atoms with Crippen LogP contribution >= 0.6 is 0 Å². The van der Waals surface area contributed by atoms with Gasteiger partial charge in [-0.05, 0) is 25.0 Å². The molecule has 0 N–H and O–H groups in total. The first-order valence-corrected chi connectivity index (χ1v) is 7.73. The molecule has 1 aliphatic heterocycles. The van der Waals surface area contributed by atoms with Crippen molar-refractivity contribution in [2.45, 2.75) is 30.8 Å². The lowest BCUT2D eigenvalue weighted by Crippen LogP contribution is -2.33. The zero-order valence-corrected chi connectivity index (χ0v) is 12.6. The summed E-state index contributed by atoms with van der Waals surface area (Å²) in [5, 5.41) is 3.79. The second-order valence-corrected chi connectivity index (χ2v) is 6.30. The van der Waals surface area contributed by atoms with Crippen LogP contribution in [-0.2, 0) is 5.67 Å². The molecule has 1 saturated carbocycles. The van der Waals surface area contributed by atoms with Gasteiger partial charge in [0.25, 0.3) is 11.8 Å². The van der Waals surface area contributed by atoms with E-state index in [2.05, 4.69) is 10.1 Å². The summed E-state index contributed by atoms with van der Waals surface area (Å²) in [5.41, 5.74) is -2.23. The van der Waals surface area contributed by atoms with Crippen LogP contribution in [0.25, 0.3) is 0 Å². The highest BCUT2D eigenvalue weighted by molar-refractivity contribution is 5.94. The number of carbonyl (C=O) groups is 1. The van der Waals surface area contributed by atoms with E-state index in [1.807, 2.05) is 0 Å². The number of nitrogens with zero attached hydrogens (tertiary/aromatic N) is 3. The largest absolute Gasteiger partial charge is 0.336 e. The molecule has 1 aliphatic carbocycles. The van der Waals surface area contributed by atoms with E-state index in [0.29, 0.717) is 11.9 Å². The molecule has 8 heteroatoms. The number of carbonyl (C=O) groups excluding carboxylic acids is 1. The molecule has 1 aromatic heterocycles. The van der Waals surface area contributed by atoms with E-state index in [1.54, 1.807) is 0 Å². The summed E-state index contributed by atoms with van der Waals surface area (Å²) in [7, 11) is 0. The molecule has 2 heterocycles. The molecule has 1 saturated heterocycles. The number of likely N-dealkylation sites (tertiary alicyclic amines) is 1. The lowest BCUT2D eigenvalue weighted by molar-refractivity contribution is 0.0712. The summed E-state index contributed by atoms with van der Waals surface area (Å²) in [6, 6.07) is 2.68. The molecule has 2 fully saturated rings. The van der Waals surface area contributed by atoms with Crippen LogP contribution in [-0.4, -0.2) is 34.0 Å². The molecule has 0 spiro atoms. The predicted octanol–water partition coefficient (Wildman–Crippen LogP) is 2.94. The summed E-state index contributed by atoms with van der Waals surface area (Å²) in [6.45, 7) is -0.206. The Bertz CT molecular complexity index is 806. The summed E-state index contributed by atoms with van der Waals surface area (Å²) in [5.74, 6) is -1.84. The van der Waals surface area contributed by atoms with Gasteiger partial charge in [0, 0.05) is 24.9 Å². The number of hydrogen-bond donors (Lipinski definition) is 0. The van der Waals surface area contributed by atoms with Crippen LogP contribution in [0.2, 0.25) is 0 Å². The molecule has 126 valence electrons. The van der Waals surface area contributed by atoms with E-state index in [9.17, 15) is 13.6 Å². The first kappa shape index (κ1) is 15.2. The Morgan fingerprint density at radius 1 is 1.33 bits per heavy atom. The second-order valence-electron chi connectivity index (χ2n) is 6.30. The van der Waals surface area contributed by atoms with Gasteiger partial charge in [-0.15, -0.1) is 0 Å². The zero-order chi connectivity index (χ0) is 16.9. The molecule has 0 radical (unpaired) electrons. The van der Waals surface area contributed by atoms with E-state index in [0.717, 1.165) is 25.0 Å². The van der Waals surface area contributed by atoms with Crippen molar-refractivity contribution in [3.63, 3.8) is 0 Å². The molecule has 1 aromatic carbocycles. The molecule has 5 nitrogen and oxygen atoms in total. The highest BCUT2D eigenvalue weighted by atomic mass is 19.1. The molecule has 1 unspecified atom stereocenters. The van der Waals surface area contributed by atoms with Crippen molar-refractivity contribution >= 4 is 5.91 Å². The van der Waals surface area contributed by atoms with Crippen molar-refractivity contribution in [1.29, 1.82) is 0 Å². The van der Waals surface area contributed by atoms with Crippen LogP contribution in [0, 0.1) is 11.6 Å². The predicted molar refractivity (Wildman–Crippen MR) is 75.9 cm³/mol. The van der Waals surface area contributed by atoms with Crippen molar-refractivity contribution in [2.24, 2.45) is 0 Å². The van der Waals surface area contributed by atoms with E-state index in [4.69, 9.17) is 4.52 Å². The SMILES string of the molecule is O=C(c1ccc(F)cc1F)N1CCC(F)(c2nc(C3CC3)no2)C1. The fourth-order valence-electron chi connectivity index (χ4n) is 2.88. The number of amides is 1. The van der Waals surface area contributed by atoms with Gasteiger partial charge in [0.1, 0.15) is 11.6 Å². The van der Waals surface area contributed by atoms with Gasteiger partial charge in [0.2, 0.25) is 5.67 Å². The number of benzene rings is 1. The maximum Gasteiger partial charge on any atom is 0.266 e. The van der Waals surface area contributed by atoms with Crippen LogP contribution in [0.3, 0.4) is 0 Å². The molecule has 2 aliphatic rings. The average molecular weight is 337 g/mol. The van der Waals surface area contributed by atoms with Gasteiger partial charge in [0.05, 0.1) is 12.1 Å². The lowest BCUT2D eigenvalue weighted by atomic mass is 10.1. The van der Waals surface area contributed by atoms with Gasteiger partial charge in [-0.2, -0.15) is 4.98 Å². The molecule has 0 bridgehead atoms. The maximum absolute atomic E-state index is 15.1. The smallest absolute Gasteiger partial charge is 0.266 e. The van der Waals surface area contributed by atoms with Gasteiger partial charge in [-0.25, -0.2) is 13.2 Å². The molecular weight excluding hydrogens is 323 g/mol. The maximum atomic E-state index is 15.1. The Morgan fingerprint density at radius 2 is 2.12 bits per heavy atom. The third-order valence-electron chi connectivity index (χ3n) is 4.44. The fraction of sp³-hybridized carbons (Fsp3) is 0.438. The Balaban J connectivity index is 1.53. The number of rotatable bonds is 3. The Kier molecular flexibility index (Phi) is 3.36. The molecule has 1 atom stereocenters. The minimum atomic E-state index is -1.94. The van der Waals surface area contributed by atoms with Crippen molar-refractivity contribution in [1.82, 2.24) is 15.0 Å². The van der Waals surface area contributed by atoms with E-state index >= 15 is 4.39 Å². The van der Waals surface area contributed by atoms with Crippen LogP contribution < -0.4 is 0 Å². The lowest BCUT2D eigenvalue weighted by Gasteiger charge is -2.18. The minimum Gasteiger partial charge on any atom is -0.336 e. The van der Waals surface area contributed by atoms with Crippen LogP contribution in [0.1, 0.15) is 47.3 Å². The number of halogens is 3. The quantitative estimate of drug-likeness (QED) is 0.864. The van der Waals surface area contributed by atoms with E-state index in [1.165, 1.54) is 4.90 Å². The van der Waals surface area contributed by atoms with Gasteiger partial charge in [-0.1, -0.05) is 5.16 Å². The van der Waals surface area contributed by atoms with Gasteiger partial charge >= 0.3 is 0 Å². The molecular formula is C16H14F3N3O2. The minimum absolute atomic E-state index is 0.00610. The van der Waals surface area contributed by atoms with Crippen molar-refractivity contribution in [3.05, 3.63) is 47.1 Å². The van der Waals surface area contributed by atoms with E-state index in [-0.39, 0.29) is 36.9 Å². The zero-order valence-electron chi connectivity index (χ0n) is 12.6. The summed E-state index contributed by atoms with van der Waals surface area (Å²) >= 11 is 0. The van der Waals surface area contributed by atoms with Crippen LogP contribution in [0.5, 0.6) is 0 Å². The average Bonchev–Trinajstić information content (AvgIpc) is 3.12. The molecule has 4 rings (SSSR count). The normalized spacial score (nSPS) is 23.7. The molecule has 24 heavy (non-hydrogen) atoms. The Hall–Kier alpha value is -2.38. The topological polar surface area (TPSA) is 59.2 Å². The highest BCUT2D eigenvalue weighted by Crippen LogP contribution is 2.41. The molecule has 1 amide bonds. The summed E-state index contributed by atoms with van der Waals surface area (Å²) in [4.78, 5) is 17.6. The third kappa shape index (κ3) is 2.55. The van der Waals surface area contributed by atoms with Crippen LogP contribution in [0.4, 0.5) is 13.2 Å². The van der Waals surface area contributed by atoms with Gasteiger partial charge < -0.3 is 9.42 Å². The standard InChI is InChI=1S/C16H14F3N3O2/c17-10-3-4-11(12(18)7-10)14(23)22-6-5-16(19,8-22)15-20-13(21-24-15)9-1-2-9/h3-4,7,9H,1-2,5-6,8H2. The first-order valence-electron chi connectivity index (χ1n) is 7.73. The summed E-state index contributed by atoms with van der Waals surface area (Å²) < 4.78 is 46.8. The van der Waals surface area contributed by atoms with Gasteiger partial charge in [0.15, 0.2) is 5.82 Å².